The Morgan fingerprint density at radius 1 is 1.28 bits per heavy atom. The minimum atomic E-state index is -0.198. The number of aromatic amines is 1. The quantitative estimate of drug-likeness (QED) is 0.451. The highest BCUT2D eigenvalue weighted by Crippen LogP contribution is 2.36. The van der Waals surface area contributed by atoms with E-state index >= 15 is 0 Å². The minimum absolute atomic E-state index is 0.0260. The van der Waals surface area contributed by atoms with Gasteiger partial charge in [-0.15, -0.1) is 5.10 Å². The van der Waals surface area contributed by atoms with Crippen LogP contribution in [-0.4, -0.2) is 37.5 Å². The zero-order valence-electron chi connectivity index (χ0n) is 16.8. The maximum absolute atomic E-state index is 12.9. The van der Waals surface area contributed by atoms with Gasteiger partial charge in [0.05, 0.1) is 12.4 Å². The first-order valence-corrected chi connectivity index (χ1v) is 10.7. The van der Waals surface area contributed by atoms with E-state index in [2.05, 4.69) is 14.8 Å². The van der Waals surface area contributed by atoms with Gasteiger partial charge in [0.15, 0.2) is 10.9 Å². The number of ether oxygens (including phenoxy) is 1. The predicted molar refractivity (Wildman–Crippen MR) is 113 cm³/mol. The van der Waals surface area contributed by atoms with Crippen LogP contribution in [0, 0.1) is 13.8 Å². The Balaban J connectivity index is 1.52. The van der Waals surface area contributed by atoms with Gasteiger partial charge in [-0.05, 0) is 63.9 Å². The first kappa shape index (κ1) is 19.6. The lowest BCUT2D eigenvalue weighted by atomic mass is 10.2. The molecule has 3 aromatic rings. The molecule has 29 heavy (non-hydrogen) atoms. The van der Waals surface area contributed by atoms with Gasteiger partial charge in [-0.2, -0.15) is 0 Å². The molecule has 1 aliphatic rings. The van der Waals surface area contributed by atoms with E-state index in [1.54, 1.807) is 4.57 Å². The van der Waals surface area contributed by atoms with Crippen molar-refractivity contribution in [3.05, 3.63) is 57.8 Å². The average Bonchev–Trinajstić information content (AvgIpc) is 3.41. The molecule has 1 N–H and O–H groups in total. The molecule has 0 spiro atoms. The zero-order valence-corrected chi connectivity index (χ0v) is 17.6. The lowest BCUT2D eigenvalue weighted by Crippen LogP contribution is -2.16. The summed E-state index contributed by atoms with van der Waals surface area (Å²) in [5.41, 5.74) is 3.38. The molecule has 2 heterocycles. The lowest BCUT2D eigenvalue weighted by molar-refractivity contribution is 0.102. The van der Waals surface area contributed by atoms with Gasteiger partial charge in [-0.1, -0.05) is 11.8 Å². The second kappa shape index (κ2) is 7.94. The van der Waals surface area contributed by atoms with E-state index in [1.165, 1.54) is 11.8 Å². The molecule has 0 bridgehead atoms. The summed E-state index contributed by atoms with van der Waals surface area (Å²) in [4.78, 5) is 24.8. The van der Waals surface area contributed by atoms with Crippen molar-refractivity contribution in [2.45, 2.75) is 44.8 Å². The number of nitrogens with one attached hydrogen (secondary N) is 1. The number of aromatic nitrogens is 4. The van der Waals surface area contributed by atoms with Crippen molar-refractivity contribution in [3.63, 3.8) is 0 Å². The molecule has 0 saturated heterocycles. The first-order valence-electron chi connectivity index (χ1n) is 9.74. The van der Waals surface area contributed by atoms with Gasteiger partial charge in [0.1, 0.15) is 5.75 Å². The SMILES string of the molecule is CCOc1ccc(-n2c(C)cc(C(=O)CSc3n[nH]c(=O)n3C3CC3)c2C)cc1. The van der Waals surface area contributed by atoms with Crippen molar-refractivity contribution < 1.29 is 9.53 Å². The molecule has 0 aliphatic heterocycles. The molecule has 1 aromatic carbocycles. The predicted octanol–water partition coefficient (Wildman–Crippen LogP) is 3.69. The number of Topliss-reactive ketones (excluding diaryl/α,β-unsaturated/α-hetero) is 1. The van der Waals surface area contributed by atoms with Crippen molar-refractivity contribution in [1.29, 1.82) is 0 Å². The number of hydrogen-bond acceptors (Lipinski definition) is 5. The maximum atomic E-state index is 12.9. The molecule has 1 aliphatic carbocycles. The standard InChI is InChI=1S/C21H24N4O3S/c1-4-28-17-9-7-15(8-10-17)24-13(2)11-18(14(24)3)19(26)12-29-21-23-22-20(27)25(21)16-5-6-16/h7-11,16H,4-6,12H2,1-3H3,(H,22,27). The van der Waals surface area contributed by atoms with Crippen LogP contribution in [0.5, 0.6) is 5.75 Å². The normalized spacial score (nSPS) is 13.6. The molecular weight excluding hydrogens is 388 g/mol. The van der Waals surface area contributed by atoms with E-state index in [0.717, 1.165) is 35.7 Å². The van der Waals surface area contributed by atoms with Crippen LogP contribution in [0.3, 0.4) is 0 Å². The molecule has 0 atom stereocenters. The van der Waals surface area contributed by atoms with Gasteiger partial charge in [0.2, 0.25) is 0 Å². The Bertz CT molecular complexity index is 1090. The van der Waals surface area contributed by atoms with E-state index in [0.29, 0.717) is 17.3 Å². The number of carbonyl (C=O) groups is 1. The summed E-state index contributed by atoms with van der Waals surface area (Å²) in [7, 11) is 0. The number of benzene rings is 1. The smallest absolute Gasteiger partial charge is 0.344 e. The average molecular weight is 413 g/mol. The topological polar surface area (TPSA) is 81.9 Å². The van der Waals surface area contributed by atoms with E-state index in [9.17, 15) is 9.59 Å². The summed E-state index contributed by atoms with van der Waals surface area (Å²) in [5.74, 6) is 1.09. The molecule has 152 valence electrons. The van der Waals surface area contributed by atoms with Crippen molar-refractivity contribution in [2.24, 2.45) is 0 Å². The number of ketones is 1. The highest BCUT2D eigenvalue weighted by Gasteiger charge is 2.29. The van der Waals surface area contributed by atoms with Gasteiger partial charge < -0.3 is 9.30 Å². The van der Waals surface area contributed by atoms with Gasteiger partial charge >= 0.3 is 5.69 Å². The first-order chi connectivity index (χ1) is 14.0. The number of rotatable bonds is 8. The van der Waals surface area contributed by atoms with Gasteiger partial charge in [0.25, 0.3) is 0 Å². The van der Waals surface area contributed by atoms with E-state index in [1.807, 2.05) is 51.1 Å². The fourth-order valence-corrected chi connectivity index (χ4v) is 4.45. The van der Waals surface area contributed by atoms with Crippen LogP contribution in [0.2, 0.25) is 0 Å². The summed E-state index contributed by atoms with van der Waals surface area (Å²) in [5, 5.41) is 7.16. The monoisotopic (exact) mass is 412 g/mol. The second-order valence-electron chi connectivity index (χ2n) is 7.17. The third-order valence-electron chi connectivity index (χ3n) is 5.05. The third kappa shape index (κ3) is 3.89. The highest BCUT2D eigenvalue weighted by molar-refractivity contribution is 7.99. The molecule has 0 radical (unpaired) electrons. The molecule has 8 heteroatoms. The Kier molecular flexibility index (Phi) is 5.36. The van der Waals surface area contributed by atoms with Crippen LogP contribution in [-0.2, 0) is 0 Å². The van der Waals surface area contributed by atoms with Crippen molar-refractivity contribution in [1.82, 2.24) is 19.3 Å². The molecule has 7 nitrogen and oxygen atoms in total. The number of nitrogens with zero attached hydrogens (tertiary/aromatic N) is 3. The Morgan fingerprint density at radius 2 is 2.00 bits per heavy atom. The minimum Gasteiger partial charge on any atom is -0.494 e. The highest BCUT2D eigenvalue weighted by atomic mass is 32.2. The molecule has 4 rings (SSSR count). The van der Waals surface area contributed by atoms with Gasteiger partial charge in [-0.25, -0.2) is 9.89 Å². The summed E-state index contributed by atoms with van der Waals surface area (Å²) in [6.45, 7) is 6.53. The van der Waals surface area contributed by atoms with Crippen LogP contribution in [0.4, 0.5) is 0 Å². The Labute approximate surface area is 173 Å². The summed E-state index contributed by atoms with van der Waals surface area (Å²) < 4.78 is 9.25. The van der Waals surface area contributed by atoms with E-state index in [4.69, 9.17) is 4.74 Å². The van der Waals surface area contributed by atoms with Crippen LogP contribution in [0.1, 0.15) is 47.6 Å². The van der Waals surface area contributed by atoms with Crippen LogP contribution < -0.4 is 10.4 Å². The maximum Gasteiger partial charge on any atom is 0.344 e. The second-order valence-corrected chi connectivity index (χ2v) is 8.11. The van der Waals surface area contributed by atoms with E-state index in [-0.39, 0.29) is 23.3 Å². The third-order valence-corrected chi connectivity index (χ3v) is 6.01. The number of aryl methyl sites for hydroxylation is 1. The Morgan fingerprint density at radius 3 is 2.66 bits per heavy atom. The van der Waals surface area contributed by atoms with Crippen molar-refractivity contribution in [3.8, 4) is 11.4 Å². The van der Waals surface area contributed by atoms with Crippen LogP contribution >= 0.6 is 11.8 Å². The molecule has 2 aromatic heterocycles. The number of hydrogen-bond donors (Lipinski definition) is 1. The van der Waals surface area contributed by atoms with Gasteiger partial charge in [-0.3, -0.25) is 9.36 Å². The van der Waals surface area contributed by atoms with E-state index < -0.39 is 0 Å². The lowest BCUT2D eigenvalue weighted by Gasteiger charge is -2.11. The van der Waals surface area contributed by atoms with Crippen LogP contribution in [0.25, 0.3) is 5.69 Å². The van der Waals surface area contributed by atoms with Crippen LogP contribution in [0.15, 0.2) is 40.3 Å². The number of thioether (sulfide) groups is 1. The number of carbonyl (C=O) groups excluding carboxylic acids is 1. The fraction of sp³-hybridized carbons (Fsp3) is 0.381. The molecular formula is C21H24N4O3S. The summed E-state index contributed by atoms with van der Waals surface area (Å²) in [6, 6.07) is 10.0. The largest absolute Gasteiger partial charge is 0.494 e. The van der Waals surface area contributed by atoms with Crippen molar-refractivity contribution in [2.75, 3.05) is 12.4 Å². The molecule has 1 fully saturated rings. The molecule has 1 saturated carbocycles. The number of H-pyrrole nitrogens is 1. The van der Waals surface area contributed by atoms with Gasteiger partial charge in [0, 0.05) is 28.7 Å². The zero-order chi connectivity index (χ0) is 20.5. The molecule has 0 amide bonds. The summed E-state index contributed by atoms with van der Waals surface area (Å²) in [6.07, 6.45) is 1.98. The fourth-order valence-electron chi connectivity index (χ4n) is 3.56. The Hall–Kier alpha value is -2.74. The van der Waals surface area contributed by atoms with Crippen molar-refractivity contribution >= 4 is 17.5 Å². The molecule has 0 unspecified atom stereocenters. The summed E-state index contributed by atoms with van der Waals surface area (Å²) >= 11 is 1.31.